The Kier molecular flexibility index (Phi) is 6.18. The summed E-state index contributed by atoms with van der Waals surface area (Å²) in [5.74, 6) is 1.66. The molecule has 4 rings (SSSR count). The van der Waals surface area contributed by atoms with Crippen LogP contribution in [-0.4, -0.2) is 24.3 Å². The number of benzene rings is 1. The van der Waals surface area contributed by atoms with Crippen molar-refractivity contribution >= 4 is 34.7 Å². The second-order valence-electron chi connectivity index (χ2n) is 6.50. The van der Waals surface area contributed by atoms with Crippen molar-refractivity contribution in [3.63, 3.8) is 0 Å². The number of nitrogens with zero attached hydrogens (tertiary/aromatic N) is 5. The summed E-state index contributed by atoms with van der Waals surface area (Å²) in [6.45, 7) is 4.56. The highest BCUT2D eigenvalue weighted by molar-refractivity contribution is 7.98. The van der Waals surface area contributed by atoms with Crippen molar-refractivity contribution in [2.45, 2.75) is 23.9 Å². The van der Waals surface area contributed by atoms with Gasteiger partial charge >= 0.3 is 0 Å². The summed E-state index contributed by atoms with van der Waals surface area (Å²) >= 11 is 9.54. The Labute approximate surface area is 183 Å². The Morgan fingerprint density at radius 1 is 1.21 bits per heavy atom. The number of aryl methyl sites for hydroxylation is 1. The van der Waals surface area contributed by atoms with Gasteiger partial charge in [0.25, 0.3) is 0 Å². The van der Waals surface area contributed by atoms with Gasteiger partial charge in [0.15, 0.2) is 5.16 Å². The Balaban J connectivity index is 1.49. The lowest BCUT2D eigenvalue weighted by Crippen LogP contribution is -2.06. The lowest BCUT2D eigenvalue weighted by molar-refractivity contribution is 0.681. The van der Waals surface area contributed by atoms with Gasteiger partial charge in [0.05, 0.1) is 10.7 Å². The van der Waals surface area contributed by atoms with E-state index in [0.717, 1.165) is 44.4 Å². The summed E-state index contributed by atoms with van der Waals surface area (Å²) in [4.78, 5) is 4.74. The largest absolute Gasteiger partial charge is 0.354 e. The fourth-order valence-corrected chi connectivity index (χ4v) is 5.09. The first-order chi connectivity index (χ1) is 14.2. The molecule has 0 unspecified atom stereocenters. The summed E-state index contributed by atoms with van der Waals surface area (Å²) in [7, 11) is 2.04. The lowest BCUT2D eigenvalue weighted by Gasteiger charge is -2.08. The minimum Gasteiger partial charge on any atom is -0.354 e. The van der Waals surface area contributed by atoms with Crippen LogP contribution in [0.1, 0.15) is 17.2 Å². The smallest absolute Gasteiger partial charge is 0.191 e. The quantitative estimate of drug-likeness (QED) is 0.269. The maximum Gasteiger partial charge on any atom is 0.191 e. The molecule has 3 aromatic heterocycles. The summed E-state index contributed by atoms with van der Waals surface area (Å²) in [6.07, 6.45) is 4.65. The third-order valence-electron chi connectivity index (χ3n) is 4.50. The molecule has 5 nitrogen and oxygen atoms in total. The number of halogens is 1. The molecule has 8 heteroatoms. The maximum atomic E-state index is 6.30. The molecule has 148 valence electrons. The maximum absolute atomic E-state index is 6.30. The number of thiazole rings is 1. The van der Waals surface area contributed by atoms with Gasteiger partial charge in [0, 0.05) is 48.6 Å². The Morgan fingerprint density at radius 2 is 2.07 bits per heavy atom. The van der Waals surface area contributed by atoms with Crippen molar-refractivity contribution in [3.8, 4) is 10.6 Å². The van der Waals surface area contributed by atoms with Crippen LogP contribution in [0.15, 0.2) is 65.8 Å². The van der Waals surface area contributed by atoms with Crippen molar-refractivity contribution in [1.82, 2.24) is 24.3 Å². The van der Waals surface area contributed by atoms with Gasteiger partial charge < -0.3 is 9.13 Å². The fraction of sp³-hybridized carbons (Fsp3) is 0.190. The zero-order valence-electron chi connectivity index (χ0n) is 16.0. The average Bonchev–Trinajstić information content (AvgIpc) is 3.43. The van der Waals surface area contributed by atoms with Gasteiger partial charge in [0.2, 0.25) is 0 Å². The first-order valence-electron chi connectivity index (χ1n) is 9.11. The Bertz CT molecular complexity index is 1130. The van der Waals surface area contributed by atoms with E-state index in [1.165, 1.54) is 5.69 Å². The van der Waals surface area contributed by atoms with Crippen molar-refractivity contribution in [3.05, 3.63) is 82.9 Å². The molecule has 0 bridgehead atoms. The molecule has 0 aliphatic heterocycles. The van der Waals surface area contributed by atoms with Crippen LogP contribution in [0, 0.1) is 0 Å². The van der Waals surface area contributed by atoms with E-state index in [4.69, 9.17) is 16.6 Å². The number of aromatic nitrogens is 5. The molecule has 0 N–H and O–H groups in total. The lowest BCUT2D eigenvalue weighted by atomic mass is 10.2. The topological polar surface area (TPSA) is 48.5 Å². The fourth-order valence-electron chi connectivity index (χ4n) is 2.98. The molecule has 0 fully saturated rings. The number of allylic oxidation sites excluding steroid dienone is 1. The molecule has 0 aliphatic carbocycles. The second-order valence-corrected chi connectivity index (χ2v) is 8.71. The van der Waals surface area contributed by atoms with Crippen molar-refractivity contribution in [2.24, 2.45) is 7.05 Å². The van der Waals surface area contributed by atoms with E-state index >= 15 is 0 Å². The zero-order chi connectivity index (χ0) is 20.2. The molecule has 0 aliphatic rings. The van der Waals surface area contributed by atoms with Crippen LogP contribution in [0.3, 0.4) is 0 Å². The SMILES string of the molecule is C=CCn1c(Cc2cccn2C)nnc1SCc1csc(-c2ccccc2Cl)n1. The molecule has 0 spiro atoms. The molecule has 1 aromatic carbocycles. The van der Waals surface area contributed by atoms with E-state index in [9.17, 15) is 0 Å². The van der Waals surface area contributed by atoms with Crippen LogP contribution < -0.4 is 0 Å². The number of hydrogen-bond donors (Lipinski definition) is 0. The Hall–Kier alpha value is -2.35. The minimum absolute atomic E-state index is 0.678. The molecule has 0 amide bonds. The van der Waals surface area contributed by atoms with Crippen LogP contribution in [0.2, 0.25) is 5.02 Å². The highest BCUT2D eigenvalue weighted by Gasteiger charge is 2.15. The molecule has 0 atom stereocenters. The first kappa shape index (κ1) is 19.9. The van der Waals surface area contributed by atoms with E-state index in [1.807, 2.05) is 49.7 Å². The third kappa shape index (κ3) is 4.47. The predicted molar refractivity (Wildman–Crippen MR) is 121 cm³/mol. The highest BCUT2D eigenvalue weighted by Crippen LogP contribution is 2.32. The van der Waals surface area contributed by atoms with Crippen LogP contribution in [0.5, 0.6) is 0 Å². The van der Waals surface area contributed by atoms with E-state index in [0.29, 0.717) is 6.54 Å². The highest BCUT2D eigenvalue weighted by atomic mass is 35.5. The summed E-state index contributed by atoms with van der Waals surface area (Å²) in [6, 6.07) is 11.9. The number of thioether (sulfide) groups is 1. The van der Waals surface area contributed by atoms with E-state index in [-0.39, 0.29) is 0 Å². The van der Waals surface area contributed by atoms with E-state index in [1.54, 1.807) is 23.1 Å². The average molecular weight is 442 g/mol. The minimum atomic E-state index is 0.678. The molecule has 29 heavy (non-hydrogen) atoms. The van der Waals surface area contributed by atoms with Crippen LogP contribution in [0.25, 0.3) is 10.6 Å². The van der Waals surface area contributed by atoms with Crippen LogP contribution >= 0.6 is 34.7 Å². The summed E-state index contributed by atoms with van der Waals surface area (Å²) in [5.41, 5.74) is 3.17. The molecule has 3 heterocycles. The van der Waals surface area contributed by atoms with E-state index in [2.05, 4.69) is 37.4 Å². The predicted octanol–water partition coefficient (Wildman–Crippen LogP) is 5.46. The van der Waals surface area contributed by atoms with Gasteiger partial charge in [-0.25, -0.2) is 4.98 Å². The zero-order valence-corrected chi connectivity index (χ0v) is 18.3. The van der Waals surface area contributed by atoms with Gasteiger partial charge in [-0.15, -0.1) is 28.1 Å². The monoisotopic (exact) mass is 441 g/mol. The first-order valence-corrected chi connectivity index (χ1v) is 11.4. The Morgan fingerprint density at radius 3 is 2.83 bits per heavy atom. The van der Waals surface area contributed by atoms with Gasteiger partial charge in [-0.05, 0) is 18.2 Å². The summed E-state index contributed by atoms with van der Waals surface area (Å²) < 4.78 is 4.22. The van der Waals surface area contributed by atoms with Crippen molar-refractivity contribution in [2.75, 3.05) is 0 Å². The van der Waals surface area contributed by atoms with Gasteiger partial charge in [-0.3, -0.25) is 0 Å². The number of hydrogen-bond acceptors (Lipinski definition) is 5. The number of rotatable bonds is 8. The molecular weight excluding hydrogens is 422 g/mol. The third-order valence-corrected chi connectivity index (χ3v) is 6.76. The summed E-state index contributed by atoms with van der Waals surface area (Å²) in [5, 5.41) is 13.4. The molecule has 0 radical (unpaired) electrons. The van der Waals surface area contributed by atoms with Crippen molar-refractivity contribution in [1.29, 1.82) is 0 Å². The standard InChI is InChI=1S/C21H20ClN5S2/c1-3-10-27-19(12-16-7-6-11-26(16)2)24-25-21(27)29-14-15-13-28-20(23-15)17-8-4-5-9-18(17)22/h3-9,11,13H,1,10,12,14H2,2H3. The van der Waals surface area contributed by atoms with Gasteiger partial charge in [0.1, 0.15) is 10.8 Å². The van der Waals surface area contributed by atoms with Gasteiger partial charge in [-0.1, -0.05) is 47.6 Å². The molecule has 0 saturated heterocycles. The second kappa shape index (κ2) is 8.98. The normalized spacial score (nSPS) is 11.1. The van der Waals surface area contributed by atoms with Crippen LogP contribution in [0.4, 0.5) is 0 Å². The van der Waals surface area contributed by atoms with E-state index < -0.39 is 0 Å². The molecule has 0 saturated carbocycles. The van der Waals surface area contributed by atoms with Gasteiger partial charge in [-0.2, -0.15) is 0 Å². The molecule has 4 aromatic rings. The van der Waals surface area contributed by atoms with Crippen LogP contribution in [-0.2, 0) is 25.8 Å². The molecular formula is C21H20ClN5S2. The van der Waals surface area contributed by atoms with Crippen molar-refractivity contribution < 1.29 is 0 Å².